The Hall–Kier alpha value is -4.09. The highest BCUT2D eigenvalue weighted by Gasteiger charge is 2.19. The first kappa shape index (κ1) is 21.2. The Labute approximate surface area is 182 Å². The number of primary sulfonamides is 1. The second kappa shape index (κ2) is 8.21. The zero-order valence-corrected chi connectivity index (χ0v) is 17.5. The number of rotatable bonds is 6. The summed E-state index contributed by atoms with van der Waals surface area (Å²) < 4.78 is 27.9. The van der Waals surface area contributed by atoms with E-state index in [2.05, 4.69) is 15.5 Å². The molecule has 3 N–H and O–H groups in total. The van der Waals surface area contributed by atoms with Gasteiger partial charge >= 0.3 is 5.69 Å². The molecule has 1 aromatic heterocycles. The number of benzene rings is 3. The third-order valence-corrected chi connectivity index (χ3v) is 5.71. The molecule has 4 rings (SSSR count). The SMILES string of the molecule is COc1ccc(-c2nnc(Nc3ccc(S(N)(=O)=O)cc3)c3ccccc23)cc1[N+](=O)[O-]. The number of nitro benzene ring substituents is 1. The first-order chi connectivity index (χ1) is 15.3. The van der Waals surface area contributed by atoms with Gasteiger partial charge in [-0.25, -0.2) is 13.6 Å². The smallest absolute Gasteiger partial charge is 0.311 e. The van der Waals surface area contributed by atoms with E-state index in [4.69, 9.17) is 9.88 Å². The lowest BCUT2D eigenvalue weighted by Crippen LogP contribution is -2.11. The first-order valence-electron chi connectivity index (χ1n) is 9.26. The number of ether oxygens (including phenoxy) is 1. The van der Waals surface area contributed by atoms with E-state index in [9.17, 15) is 18.5 Å². The minimum Gasteiger partial charge on any atom is -0.490 e. The monoisotopic (exact) mass is 451 g/mol. The number of fused-ring (bicyclic) bond motifs is 1. The maximum Gasteiger partial charge on any atom is 0.311 e. The van der Waals surface area contributed by atoms with E-state index >= 15 is 0 Å². The molecule has 0 spiro atoms. The van der Waals surface area contributed by atoms with Gasteiger partial charge in [0.15, 0.2) is 11.6 Å². The van der Waals surface area contributed by atoms with Crippen LogP contribution in [0.2, 0.25) is 0 Å². The van der Waals surface area contributed by atoms with E-state index in [1.54, 1.807) is 18.2 Å². The van der Waals surface area contributed by atoms with Crippen LogP contribution >= 0.6 is 0 Å². The third-order valence-electron chi connectivity index (χ3n) is 4.78. The van der Waals surface area contributed by atoms with Crippen molar-refractivity contribution in [3.63, 3.8) is 0 Å². The molecule has 0 saturated heterocycles. The molecule has 0 bridgehead atoms. The average Bonchev–Trinajstić information content (AvgIpc) is 2.78. The Morgan fingerprint density at radius 1 is 1.00 bits per heavy atom. The zero-order valence-electron chi connectivity index (χ0n) is 16.7. The van der Waals surface area contributed by atoms with Gasteiger partial charge in [0.05, 0.1) is 16.9 Å². The number of nitro groups is 1. The minimum absolute atomic E-state index is 0.00422. The molecule has 1 heterocycles. The number of methoxy groups -OCH3 is 1. The summed E-state index contributed by atoms with van der Waals surface area (Å²) in [5.41, 5.74) is 1.41. The van der Waals surface area contributed by atoms with E-state index in [-0.39, 0.29) is 16.3 Å². The van der Waals surface area contributed by atoms with Gasteiger partial charge in [0, 0.05) is 28.1 Å². The Kier molecular flexibility index (Phi) is 5.43. The lowest BCUT2D eigenvalue weighted by molar-refractivity contribution is -0.385. The maximum absolute atomic E-state index is 11.4. The van der Waals surface area contributed by atoms with Crippen LogP contribution in [0, 0.1) is 10.1 Å². The number of hydrogen-bond acceptors (Lipinski definition) is 8. The molecule has 10 nitrogen and oxygen atoms in total. The van der Waals surface area contributed by atoms with Crippen LogP contribution in [0.4, 0.5) is 17.2 Å². The van der Waals surface area contributed by atoms with Gasteiger partial charge in [-0.15, -0.1) is 10.2 Å². The van der Waals surface area contributed by atoms with Crippen LogP contribution in [0.1, 0.15) is 0 Å². The molecule has 0 amide bonds. The number of nitrogens with one attached hydrogen (secondary N) is 1. The van der Waals surface area contributed by atoms with Crippen LogP contribution < -0.4 is 15.2 Å². The van der Waals surface area contributed by atoms with Crippen LogP contribution in [-0.2, 0) is 10.0 Å². The average molecular weight is 451 g/mol. The van der Waals surface area contributed by atoms with Gasteiger partial charge in [0.2, 0.25) is 10.0 Å². The number of sulfonamides is 1. The van der Waals surface area contributed by atoms with Crippen LogP contribution in [0.5, 0.6) is 5.75 Å². The molecule has 0 aliphatic carbocycles. The van der Waals surface area contributed by atoms with Gasteiger partial charge in [0.1, 0.15) is 5.69 Å². The van der Waals surface area contributed by atoms with Gasteiger partial charge in [-0.1, -0.05) is 24.3 Å². The molecular formula is C21H17N5O5S. The molecule has 0 aliphatic heterocycles. The normalized spacial score (nSPS) is 11.3. The zero-order chi connectivity index (χ0) is 22.9. The molecule has 0 unspecified atom stereocenters. The summed E-state index contributed by atoms with van der Waals surface area (Å²) in [4.78, 5) is 10.9. The lowest BCUT2D eigenvalue weighted by atomic mass is 10.0. The number of anilines is 2. The van der Waals surface area contributed by atoms with Crippen molar-refractivity contribution in [3.8, 4) is 17.0 Å². The van der Waals surface area contributed by atoms with Crippen LogP contribution in [-0.4, -0.2) is 30.6 Å². The summed E-state index contributed by atoms with van der Waals surface area (Å²) >= 11 is 0. The maximum atomic E-state index is 11.4. The molecule has 0 saturated carbocycles. The molecular weight excluding hydrogens is 434 g/mol. The van der Waals surface area contributed by atoms with Gasteiger partial charge < -0.3 is 10.1 Å². The fourth-order valence-electron chi connectivity index (χ4n) is 3.25. The topological polar surface area (TPSA) is 150 Å². The molecule has 0 radical (unpaired) electrons. The van der Waals surface area contributed by atoms with Crippen LogP contribution in [0.3, 0.4) is 0 Å². The molecule has 4 aromatic rings. The first-order valence-corrected chi connectivity index (χ1v) is 10.8. The number of aromatic nitrogens is 2. The van der Waals surface area contributed by atoms with Crippen molar-refractivity contribution in [2.75, 3.05) is 12.4 Å². The number of nitrogens with zero attached hydrogens (tertiary/aromatic N) is 3. The van der Waals surface area contributed by atoms with Gasteiger partial charge in [0.25, 0.3) is 0 Å². The Morgan fingerprint density at radius 2 is 1.69 bits per heavy atom. The second-order valence-electron chi connectivity index (χ2n) is 6.78. The Balaban J connectivity index is 1.77. The van der Waals surface area contributed by atoms with Crippen molar-refractivity contribution in [1.82, 2.24) is 10.2 Å². The molecule has 162 valence electrons. The summed E-state index contributed by atoms with van der Waals surface area (Å²) in [6, 6.07) is 17.8. The minimum atomic E-state index is -3.79. The highest BCUT2D eigenvalue weighted by Crippen LogP contribution is 2.35. The Morgan fingerprint density at radius 3 is 2.31 bits per heavy atom. The quantitative estimate of drug-likeness (QED) is 0.333. The predicted octanol–water partition coefficient (Wildman–Crippen LogP) is 3.60. The highest BCUT2D eigenvalue weighted by atomic mass is 32.2. The molecule has 0 fully saturated rings. The van der Waals surface area contributed by atoms with E-state index in [1.165, 1.54) is 31.4 Å². The third kappa shape index (κ3) is 4.06. The second-order valence-corrected chi connectivity index (χ2v) is 8.34. The highest BCUT2D eigenvalue weighted by molar-refractivity contribution is 7.89. The fraction of sp³-hybridized carbons (Fsp3) is 0.0476. The molecule has 3 aromatic carbocycles. The van der Waals surface area contributed by atoms with Crippen molar-refractivity contribution in [2.45, 2.75) is 4.90 Å². The molecule has 0 aliphatic rings. The molecule has 11 heteroatoms. The standard InChI is InChI=1S/C21H17N5O5S/c1-31-19-11-6-13(12-18(19)26(27)28)20-16-4-2-3-5-17(16)21(25-24-20)23-14-7-9-15(10-8-14)32(22,29)30/h2-12H,1H3,(H,23,25)(H2,22,29,30). The molecule has 0 atom stereocenters. The van der Waals surface area contributed by atoms with Gasteiger partial charge in [-0.3, -0.25) is 10.1 Å². The summed E-state index contributed by atoms with van der Waals surface area (Å²) in [6.45, 7) is 0. The fourth-order valence-corrected chi connectivity index (χ4v) is 3.77. The van der Waals surface area contributed by atoms with Gasteiger partial charge in [-0.2, -0.15) is 0 Å². The summed E-state index contributed by atoms with van der Waals surface area (Å²) in [6.07, 6.45) is 0. The number of nitrogens with two attached hydrogens (primary N) is 1. The van der Waals surface area contributed by atoms with Crippen molar-refractivity contribution in [1.29, 1.82) is 0 Å². The van der Waals surface area contributed by atoms with E-state index in [0.29, 0.717) is 22.8 Å². The Bertz CT molecular complexity index is 1440. The van der Waals surface area contributed by atoms with Crippen LogP contribution in [0.15, 0.2) is 71.6 Å². The molecule has 32 heavy (non-hydrogen) atoms. The number of hydrogen-bond donors (Lipinski definition) is 2. The van der Waals surface area contributed by atoms with E-state index in [1.807, 2.05) is 24.3 Å². The summed E-state index contributed by atoms with van der Waals surface area (Å²) in [7, 11) is -2.42. The van der Waals surface area contributed by atoms with Crippen molar-refractivity contribution >= 4 is 38.0 Å². The van der Waals surface area contributed by atoms with E-state index in [0.717, 1.165) is 10.8 Å². The predicted molar refractivity (Wildman–Crippen MR) is 119 cm³/mol. The van der Waals surface area contributed by atoms with Crippen molar-refractivity contribution in [3.05, 3.63) is 76.8 Å². The largest absolute Gasteiger partial charge is 0.490 e. The van der Waals surface area contributed by atoms with E-state index < -0.39 is 14.9 Å². The van der Waals surface area contributed by atoms with Crippen molar-refractivity contribution in [2.24, 2.45) is 5.14 Å². The van der Waals surface area contributed by atoms with Gasteiger partial charge in [-0.05, 0) is 36.4 Å². The summed E-state index contributed by atoms with van der Waals surface area (Å²) in [5.74, 6) is 0.591. The van der Waals surface area contributed by atoms with Crippen molar-refractivity contribution < 1.29 is 18.1 Å². The lowest BCUT2D eigenvalue weighted by Gasteiger charge is -2.12. The van der Waals surface area contributed by atoms with Crippen LogP contribution in [0.25, 0.3) is 22.0 Å². The summed E-state index contributed by atoms with van der Waals surface area (Å²) in [5, 5.41) is 29.7.